The number of furan rings is 1. The smallest absolute Gasteiger partial charge is 0.416 e. The Morgan fingerprint density at radius 1 is 0.946 bits per heavy atom. The molecule has 186 valence electrons. The molecule has 2 aromatic heterocycles. The molecule has 1 amide bonds. The first-order chi connectivity index (χ1) is 17.8. The minimum absolute atomic E-state index is 0.260. The molecule has 5 aromatic rings. The third-order valence-electron chi connectivity index (χ3n) is 5.49. The number of carbonyl (C=O) groups excluding carboxylic acids is 1. The summed E-state index contributed by atoms with van der Waals surface area (Å²) in [6.07, 6.45) is -1.75. The summed E-state index contributed by atoms with van der Waals surface area (Å²) in [5.74, 6) is 1.32. The lowest BCUT2D eigenvalue weighted by Gasteiger charge is -2.07. The zero-order chi connectivity index (χ0) is 26.0. The van der Waals surface area contributed by atoms with Crippen molar-refractivity contribution >= 4 is 28.8 Å². The Kier molecular flexibility index (Phi) is 6.27. The number of nitrogens with zero attached hydrogens (tertiary/aromatic N) is 1. The van der Waals surface area contributed by atoms with E-state index in [1.165, 1.54) is 24.3 Å². The van der Waals surface area contributed by atoms with E-state index < -0.39 is 17.6 Å². The van der Waals surface area contributed by atoms with E-state index in [9.17, 15) is 18.0 Å². The molecule has 0 saturated carbocycles. The first-order valence-electron chi connectivity index (χ1n) is 11.1. The molecule has 3 aromatic carbocycles. The molecular formula is C28H19F3N2O4. The van der Waals surface area contributed by atoms with Gasteiger partial charge in [0.25, 0.3) is 0 Å². The summed E-state index contributed by atoms with van der Waals surface area (Å²) in [4.78, 5) is 16.9. The minimum Gasteiger partial charge on any atom is -0.497 e. The summed E-state index contributed by atoms with van der Waals surface area (Å²) in [6.45, 7) is 0. The predicted molar refractivity (Wildman–Crippen MR) is 133 cm³/mol. The Labute approximate surface area is 209 Å². The molecule has 0 radical (unpaired) electrons. The zero-order valence-electron chi connectivity index (χ0n) is 19.4. The normalized spacial score (nSPS) is 11.8. The number of ether oxygens (including phenoxy) is 1. The number of methoxy groups -OCH3 is 1. The van der Waals surface area contributed by atoms with Gasteiger partial charge < -0.3 is 18.9 Å². The average molecular weight is 504 g/mol. The summed E-state index contributed by atoms with van der Waals surface area (Å²) in [7, 11) is 1.59. The molecule has 0 fully saturated rings. The van der Waals surface area contributed by atoms with Gasteiger partial charge in [-0.2, -0.15) is 13.2 Å². The highest BCUT2D eigenvalue weighted by Crippen LogP contribution is 2.33. The number of fused-ring (bicyclic) bond motifs is 1. The van der Waals surface area contributed by atoms with E-state index in [0.717, 1.165) is 23.4 Å². The third-order valence-corrected chi connectivity index (χ3v) is 5.49. The number of rotatable bonds is 6. The van der Waals surface area contributed by atoms with E-state index in [0.29, 0.717) is 28.4 Å². The maximum atomic E-state index is 13.0. The molecule has 2 heterocycles. The van der Waals surface area contributed by atoms with Crippen LogP contribution in [-0.2, 0) is 11.0 Å². The fourth-order valence-corrected chi connectivity index (χ4v) is 3.65. The van der Waals surface area contributed by atoms with Gasteiger partial charge in [-0.05, 0) is 72.8 Å². The Morgan fingerprint density at radius 2 is 1.76 bits per heavy atom. The average Bonchev–Trinajstić information content (AvgIpc) is 3.54. The van der Waals surface area contributed by atoms with Gasteiger partial charge in [0.05, 0.1) is 12.7 Å². The number of halogens is 3. The summed E-state index contributed by atoms with van der Waals surface area (Å²) >= 11 is 0. The van der Waals surface area contributed by atoms with Crippen molar-refractivity contribution in [2.24, 2.45) is 0 Å². The number of carbonyl (C=O) groups is 1. The highest BCUT2D eigenvalue weighted by atomic mass is 19.4. The van der Waals surface area contributed by atoms with Gasteiger partial charge in [-0.25, -0.2) is 4.98 Å². The molecule has 0 spiro atoms. The lowest BCUT2D eigenvalue weighted by atomic mass is 10.1. The fourth-order valence-electron chi connectivity index (χ4n) is 3.65. The zero-order valence-corrected chi connectivity index (χ0v) is 19.4. The second-order valence-electron chi connectivity index (χ2n) is 8.03. The lowest BCUT2D eigenvalue weighted by Crippen LogP contribution is -2.07. The summed E-state index contributed by atoms with van der Waals surface area (Å²) < 4.78 is 55.5. The van der Waals surface area contributed by atoms with Gasteiger partial charge in [-0.15, -0.1) is 0 Å². The number of alkyl halides is 3. The quantitative estimate of drug-likeness (QED) is 0.243. The number of amides is 1. The molecular weight excluding hydrogens is 485 g/mol. The van der Waals surface area contributed by atoms with Gasteiger partial charge in [-0.3, -0.25) is 4.79 Å². The summed E-state index contributed by atoms with van der Waals surface area (Å²) in [5.41, 5.74) is 1.96. The van der Waals surface area contributed by atoms with Crippen molar-refractivity contribution in [3.8, 4) is 28.5 Å². The van der Waals surface area contributed by atoms with E-state index in [1.54, 1.807) is 37.4 Å². The van der Waals surface area contributed by atoms with Crippen LogP contribution in [0.3, 0.4) is 0 Å². The second-order valence-corrected chi connectivity index (χ2v) is 8.03. The van der Waals surface area contributed by atoms with Crippen LogP contribution in [-0.4, -0.2) is 18.0 Å². The molecule has 1 N–H and O–H groups in total. The monoisotopic (exact) mass is 504 g/mol. The van der Waals surface area contributed by atoms with Gasteiger partial charge >= 0.3 is 6.18 Å². The van der Waals surface area contributed by atoms with Crippen molar-refractivity contribution in [1.29, 1.82) is 0 Å². The van der Waals surface area contributed by atoms with Crippen LogP contribution in [0.2, 0.25) is 0 Å². The van der Waals surface area contributed by atoms with Gasteiger partial charge in [0, 0.05) is 22.9 Å². The predicted octanol–water partition coefficient (Wildman–Crippen LogP) is 7.43. The molecule has 0 atom stereocenters. The highest BCUT2D eigenvalue weighted by Gasteiger charge is 2.30. The van der Waals surface area contributed by atoms with E-state index in [2.05, 4.69) is 10.3 Å². The third kappa shape index (κ3) is 5.40. The molecule has 0 unspecified atom stereocenters. The van der Waals surface area contributed by atoms with Crippen molar-refractivity contribution < 1.29 is 31.5 Å². The number of oxazole rings is 1. The van der Waals surface area contributed by atoms with E-state index in [-0.39, 0.29) is 11.3 Å². The molecule has 9 heteroatoms. The summed E-state index contributed by atoms with van der Waals surface area (Å²) in [6, 6.07) is 20.3. The van der Waals surface area contributed by atoms with Crippen LogP contribution < -0.4 is 10.1 Å². The standard InChI is InChI=1S/C28H19F3N2O4/c1-35-21-8-5-17(6-9-21)27-33-23-16-20(7-12-25(23)37-27)32-26(34)14-11-22-10-13-24(36-22)18-3-2-4-19(15-18)28(29,30)31/h2-16H,1H3,(H,32,34)/b14-11+. The Morgan fingerprint density at radius 3 is 2.51 bits per heavy atom. The van der Waals surface area contributed by atoms with Crippen LogP contribution in [0.5, 0.6) is 5.75 Å². The second kappa shape index (κ2) is 9.69. The van der Waals surface area contributed by atoms with Crippen LogP contribution in [0.25, 0.3) is 40.0 Å². The number of hydrogen-bond acceptors (Lipinski definition) is 5. The largest absolute Gasteiger partial charge is 0.497 e. The molecule has 5 rings (SSSR count). The molecule has 37 heavy (non-hydrogen) atoms. The van der Waals surface area contributed by atoms with Crippen molar-refractivity contribution in [2.45, 2.75) is 6.18 Å². The Balaban J connectivity index is 1.26. The fraction of sp³-hybridized carbons (Fsp3) is 0.0714. The number of aromatic nitrogens is 1. The van der Waals surface area contributed by atoms with Gasteiger partial charge in [0.1, 0.15) is 22.8 Å². The highest BCUT2D eigenvalue weighted by molar-refractivity contribution is 6.02. The summed E-state index contributed by atoms with van der Waals surface area (Å²) in [5, 5.41) is 2.74. The molecule has 6 nitrogen and oxygen atoms in total. The first-order valence-corrected chi connectivity index (χ1v) is 11.1. The van der Waals surface area contributed by atoms with Crippen LogP contribution in [0.1, 0.15) is 11.3 Å². The van der Waals surface area contributed by atoms with E-state index >= 15 is 0 Å². The molecule has 0 aliphatic heterocycles. The first kappa shape index (κ1) is 23.9. The van der Waals surface area contributed by atoms with Crippen molar-refractivity contribution in [2.75, 3.05) is 12.4 Å². The van der Waals surface area contributed by atoms with Crippen LogP contribution >= 0.6 is 0 Å². The molecule has 0 aliphatic carbocycles. The topological polar surface area (TPSA) is 77.5 Å². The molecule has 0 bridgehead atoms. The van der Waals surface area contributed by atoms with Gasteiger partial charge in [-0.1, -0.05) is 12.1 Å². The minimum atomic E-state index is -4.45. The Hall–Kier alpha value is -4.79. The number of hydrogen-bond donors (Lipinski definition) is 1. The maximum absolute atomic E-state index is 13.0. The number of nitrogens with one attached hydrogen (secondary N) is 1. The lowest BCUT2D eigenvalue weighted by molar-refractivity contribution is -0.137. The van der Waals surface area contributed by atoms with Crippen LogP contribution in [0, 0.1) is 0 Å². The van der Waals surface area contributed by atoms with Crippen LogP contribution in [0.4, 0.5) is 18.9 Å². The van der Waals surface area contributed by atoms with Crippen molar-refractivity contribution in [3.05, 3.63) is 96.3 Å². The van der Waals surface area contributed by atoms with Gasteiger partial charge in [0.2, 0.25) is 11.8 Å². The Bertz CT molecular complexity index is 1600. The van der Waals surface area contributed by atoms with E-state index in [1.807, 2.05) is 24.3 Å². The number of anilines is 1. The van der Waals surface area contributed by atoms with Crippen LogP contribution in [0.15, 0.2) is 93.8 Å². The van der Waals surface area contributed by atoms with Crippen molar-refractivity contribution in [3.63, 3.8) is 0 Å². The molecule has 0 saturated heterocycles. The van der Waals surface area contributed by atoms with Gasteiger partial charge in [0.15, 0.2) is 5.58 Å². The number of benzene rings is 3. The SMILES string of the molecule is COc1ccc(-c2nc3cc(NC(=O)/C=C/c4ccc(-c5cccc(C(F)(F)F)c5)o4)ccc3o2)cc1. The van der Waals surface area contributed by atoms with Crippen molar-refractivity contribution in [1.82, 2.24) is 4.98 Å². The maximum Gasteiger partial charge on any atom is 0.416 e. The molecule has 0 aliphatic rings. The van der Waals surface area contributed by atoms with E-state index in [4.69, 9.17) is 13.6 Å².